The van der Waals surface area contributed by atoms with Crippen LogP contribution in [0.4, 0.5) is 17.1 Å². The third kappa shape index (κ3) is 4.11. The molecule has 10 heteroatoms. The first-order valence-electron chi connectivity index (χ1n) is 11.0. The summed E-state index contributed by atoms with van der Waals surface area (Å²) < 4.78 is 0. The van der Waals surface area contributed by atoms with Gasteiger partial charge in [0.2, 0.25) is 0 Å². The maximum absolute atomic E-state index is 12.6. The minimum absolute atomic E-state index is 0.00778. The van der Waals surface area contributed by atoms with E-state index >= 15 is 0 Å². The fraction of sp³-hybridized carbons (Fsp3) is 0.375. The molecule has 3 N–H and O–H groups in total. The lowest BCUT2D eigenvalue weighted by Crippen LogP contribution is -2.40. The number of hydrogen-bond donors (Lipinski definition) is 3. The molecular formula is C24H26ClN5O4. The van der Waals surface area contributed by atoms with E-state index in [0.29, 0.717) is 10.7 Å². The average Bonchev–Trinajstić information content (AvgIpc) is 3.26. The van der Waals surface area contributed by atoms with Crippen LogP contribution in [0.25, 0.3) is 0 Å². The van der Waals surface area contributed by atoms with Crippen molar-refractivity contribution in [3.05, 3.63) is 67.4 Å². The molecule has 1 aliphatic rings. The van der Waals surface area contributed by atoms with Gasteiger partial charge in [0.25, 0.3) is 16.8 Å². The van der Waals surface area contributed by atoms with Crippen molar-refractivity contribution in [2.75, 3.05) is 24.7 Å². The van der Waals surface area contributed by atoms with Gasteiger partial charge >= 0.3 is 0 Å². The zero-order valence-corrected chi connectivity index (χ0v) is 19.9. The van der Waals surface area contributed by atoms with Gasteiger partial charge in [-0.15, -0.1) is 0 Å². The van der Waals surface area contributed by atoms with E-state index < -0.39 is 28.6 Å². The third-order valence-corrected chi connectivity index (χ3v) is 6.81. The van der Waals surface area contributed by atoms with Crippen molar-refractivity contribution in [3.8, 4) is 5.75 Å². The molecule has 0 aliphatic heterocycles. The molecule has 178 valence electrons. The first kappa shape index (κ1) is 23.7. The van der Waals surface area contributed by atoms with Crippen molar-refractivity contribution in [3.63, 3.8) is 0 Å². The van der Waals surface area contributed by atoms with Gasteiger partial charge in [-0.3, -0.25) is 19.4 Å². The molecule has 34 heavy (non-hydrogen) atoms. The number of aromatic hydroxyl groups is 1. The van der Waals surface area contributed by atoms with Crippen molar-refractivity contribution in [2.24, 2.45) is 5.41 Å². The highest BCUT2D eigenvalue weighted by Gasteiger charge is 2.41. The lowest BCUT2D eigenvalue weighted by Gasteiger charge is -2.36. The van der Waals surface area contributed by atoms with Crippen molar-refractivity contribution < 1.29 is 9.90 Å². The molecule has 1 aromatic carbocycles. The fourth-order valence-corrected chi connectivity index (χ4v) is 4.74. The van der Waals surface area contributed by atoms with Crippen molar-refractivity contribution in [1.82, 2.24) is 14.9 Å². The molecule has 0 bridgehead atoms. The summed E-state index contributed by atoms with van der Waals surface area (Å²) in [5, 5.41) is 17.1. The molecule has 1 amide bonds. The van der Waals surface area contributed by atoms with Gasteiger partial charge in [0, 0.05) is 26.5 Å². The molecule has 1 saturated carbocycles. The van der Waals surface area contributed by atoms with Crippen LogP contribution in [0.2, 0.25) is 5.02 Å². The molecule has 9 nitrogen and oxygen atoms in total. The van der Waals surface area contributed by atoms with Crippen LogP contribution in [0.15, 0.2) is 40.2 Å². The van der Waals surface area contributed by atoms with Crippen LogP contribution in [-0.4, -0.2) is 40.0 Å². The van der Waals surface area contributed by atoms with Gasteiger partial charge in [-0.25, -0.2) is 4.98 Å². The quantitative estimate of drug-likeness (QED) is 0.435. The lowest BCUT2D eigenvalue weighted by molar-refractivity contribution is 0.0819. The van der Waals surface area contributed by atoms with Crippen molar-refractivity contribution >= 4 is 34.6 Å². The van der Waals surface area contributed by atoms with Gasteiger partial charge in [-0.2, -0.15) is 0 Å². The summed E-state index contributed by atoms with van der Waals surface area (Å²) in [6, 6.07) is 4.51. The Hall–Kier alpha value is -3.46. The summed E-state index contributed by atoms with van der Waals surface area (Å²) in [4.78, 5) is 47.0. The summed E-state index contributed by atoms with van der Waals surface area (Å²) in [7, 11) is 3.07. The number of pyridine rings is 2. The second-order valence-corrected chi connectivity index (χ2v) is 9.50. The molecule has 2 heterocycles. The summed E-state index contributed by atoms with van der Waals surface area (Å²) in [5.74, 6) is -0.907. The number of nitrogens with one attached hydrogen (secondary N) is 2. The zero-order valence-electron chi connectivity index (χ0n) is 19.2. The Labute approximate surface area is 201 Å². The summed E-state index contributed by atoms with van der Waals surface area (Å²) >= 11 is 6.47. The van der Waals surface area contributed by atoms with Gasteiger partial charge in [0.05, 0.1) is 22.4 Å². The summed E-state index contributed by atoms with van der Waals surface area (Å²) in [5.41, 5.74) is -0.970. The molecule has 0 radical (unpaired) electrons. The van der Waals surface area contributed by atoms with Crippen molar-refractivity contribution in [1.29, 1.82) is 0 Å². The maximum atomic E-state index is 12.6. The van der Waals surface area contributed by atoms with Crippen LogP contribution in [0.3, 0.4) is 0 Å². The molecule has 1 fully saturated rings. The highest BCUT2D eigenvalue weighted by molar-refractivity contribution is 6.31. The molecule has 0 spiro atoms. The average molecular weight is 484 g/mol. The van der Waals surface area contributed by atoms with Gasteiger partial charge in [-0.1, -0.05) is 31.4 Å². The Bertz CT molecular complexity index is 1310. The Balaban J connectivity index is 1.70. The summed E-state index contributed by atoms with van der Waals surface area (Å²) in [6.07, 6.45) is 6.91. The lowest BCUT2D eigenvalue weighted by atomic mass is 9.78. The van der Waals surface area contributed by atoms with E-state index in [1.54, 1.807) is 18.3 Å². The maximum Gasteiger partial charge on any atom is 0.275 e. The summed E-state index contributed by atoms with van der Waals surface area (Å²) in [6.45, 7) is 2.12. The van der Waals surface area contributed by atoms with E-state index in [4.69, 9.17) is 11.6 Å². The number of halogens is 1. The number of nitrogens with zero attached hydrogens (tertiary/aromatic N) is 3. The number of hydrogen-bond acceptors (Lipinski definition) is 8. The molecule has 1 atom stereocenters. The van der Waals surface area contributed by atoms with E-state index in [0.717, 1.165) is 25.7 Å². The molecule has 0 saturated heterocycles. The van der Waals surface area contributed by atoms with Crippen LogP contribution in [0.1, 0.15) is 54.8 Å². The number of aromatic nitrogens is 2. The fourth-order valence-electron chi connectivity index (χ4n) is 4.51. The Morgan fingerprint density at radius 3 is 2.44 bits per heavy atom. The van der Waals surface area contributed by atoms with Gasteiger partial charge in [0.15, 0.2) is 11.4 Å². The monoisotopic (exact) mass is 483 g/mol. The van der Waals surface area contributed by atoms with Crippen LogP contribution in [0.5, 0.6) is 5.75 Å². The topological polar surface area (TPSA) is 125 Å². The van der Waals surface area contributed by atoms with Crippen LogP contribution in [-0.2, 0) is 0 Å². The van der Waals surface area contributed by atoms with E-state index in [1.165, 1.54) is 31.3 Å². The zero-order chi connectivity index (χ0) is 24.6. The van der Waals surface area contributed by atoms with E-state index in [9.17, 15) is 19.5 Å². The normalized spacial score (nSPS) is 15.8. The molecule has 3 aromatic rings. The largest absolute Gasteiger partial charge is 0.504 e. The van der Waals surface area contributed by atoms with Gasteiger partial charge in [-0.05, 0) is 36.5 Å². The molecule has 0 unspecified atom stereocenters. The first-order valence-corrected chi connectivity index (χ1v) is 11.4. The molecule has 2 aromatic heterocycles. The first-order chi connectivity index (χ1) is 16.1. The second-order valence-electron chi connectivity index (χ2n) is 9.10. The predicted molar refractivity (Wildman–Crippen MR) is 131 cm³/mol. The van der Waals surface area contributed by atoms with E-state index in [-0.39, 0.29) is 28.2 Å². The standard InChI is InChI=1S/C24H26ClN5O4/c1-24(9-4-5-10-24)22(15-13(25)7-6-11-26-15)29-17-16(20(32)21(17)33)28-14-8-12-27-18(19(14)31)23(34)30(2)3/h6-8,11-12,22,29,31H,4-5,9-10H2,1-3H3,(H,27,28)/t22-/m0/s1. The smallest absolute Gasteiger partial charge is 0.275 e. The van der Waals surface area contributed by atoms with Crippen molar-refractivity contribution in [2.45, 2.75) is 38.6 Å². The van der Waals surface area contributed by atoms with Gasteiger partial charge in [0.1, 0.15) is 11.4 Å². The number of carbonyl (C=O) groups excluding carboxylic acids is 1. The van der Waals surface area contributed by atoms with E-state index in [2.05, 4.69) is 27.5 Å². The van der Waals surface area contributed by atoms with Crippen LogP contribution in [0, 0.1) is 5.41 Å². The van der Waals surface area contributed by atoms with Gasteiger partial charge < -0.3 is 20.6 Å². The minimum atomic E-state index is -0.721. The molecule has 1 aliphatic carbocycles. The number of rotatable bonds is 7. The molecule has 4 rings (SSSR count). The SMILES string of the molecule is CN(C)C(=O)c1nccc(Nc2c(N[C@@H](c3ncccc3Cl)C3(C)CCCC3)c(=O)c2=O)c1O. The number of anilines is 3. The minimum Gasteiger partial charge on any atom is -0.504 e. The Morgan fingerprint density at radius 1 is 1.12 bits per heavy atom. The number of carbonyl (C=O) groups is 1. The highest BCUT2D eigenvalue weighted by Crippen LogP contribution is 2.49. The Kier molecular flexibility index (Phi) is 6.31. The predicted octanol–water partition coefficient (Wildman–Crippen LogP) is 3.61. The highest BCUT2D eigenvalue weighted by atomic mass is 35.5. The van der Waals surface area contributed by atoms with Crippen LogP contribution < -0.4 is 21.5 Å². The van der Waals surface area contributed by atoms with E-state index in [1.807, 2.05) is 0 Å². The Morgan fingerprint density at radius 2 is 1.79 bits per heavy atom. The number of amides is 1. The van der Waals surface area contributed by atoms with Crippen LogP contribution >= 0.6 is 11.6 Å². The third-order valence-electron chi connectivity index (χ3n) is 6.49. The second kappa shape index (κ2) is 9.06. The molecular weight excluding hydrogens is 458 g/mol.